The summed E-state index contributed by atoms with van der Waals surface area (Å²) in [5.41, 5.74) is 4.61. The molecule has 150 valence electrons. The molecule has 1 heterocycles. The van der Waals surface area contributed by atoms with Crippen molar-refractivity contribution < 1.29 is 13.9 Å². The lowest BCUT2D eigenvalue weighted by molar-refractivity contribution is -0.118. The van der Waals surface area contributed by atoms with E-state index in [9.17, 15) is 4.79 Å². The molecule has 6 heteroatoms. The summed E-state index contributed by atoms with van der Waals surface area (Å²) < 4.78 is 11.3. The van der Waals surface area contributed by atoms with E-state index < -0.39 is 0 Å². The van der Waals surface area contributed by atoms with Crippen LogP contribution in [0.1, 0.15) is 23.2 Å². The number of carbonyl (C=O) groups is 1. The second-order valence-electron chi connectivity index (χ2n) is 6.99. The number of hydrogen-bond donors (Lipinski definition) is 1. The Balaban J connectivity index is 1.12. The second kappa shape index (κ2) is 9.65. The summed E-state index contributed by atoms with van der Waals surface area (Å²) in [6.07, 6.45) is 5.19. The van der Waals surface area contributed by atoms with E-state index in [1.165, 1.54) is 35.7 Å². The average molecular weight is 409 g/mol. The molecule has 0 saturated carbocycles. The van der Waals surface area contributed by atoms with Crippen molar-refractivity contribution in [3.63, 3.8) is 0 Å². The lowest BCUT2D eigenvalue weighted by Crippen LogP contribution is -2.29. The number of carbonyl (C=O) groups excluding carboxylic acids is 1. The summed E-state index contributed by atoms with van der Waals surface area (Å²) in [6, 6.07) is 16.1. The number of fused-ring (bicyclic) bond motifs is 1. The maximum Gasteiger partial charge on any atom is 0.230 e. The van der Waals surface area contributed by atoms with Crippen LogP contribution in [0.4, 0.5) is 0 Å². The number of amides is 1. The van der Waals surface area contributed by atoms with Gasteiger partial charge in [0.25, 0.3) is 0 Å². The molecule has 0 atom stereocenters. The first-order chi connectivity index (χ1) is 14.3. The minimum atomic E-state index is -0.000619. The van der Waals surface area contributed by atoms with Gasteiger partial charge in [-0.3, -0.25) is 4.79 Å². The van der Waals surface area contributed by atoms with Crippen molar-refractivity contribution in [2.45, 2.75) is 25.0 Å². The number of aryl methyl sites for hydroxylation is 2. The van der Waals surface area contributed by atoms with Crippen LogP contribution in [-0.4, -0.2) is 29.8 Å². The van der Waals surface area contributed by atoms with Gasteiger partial charge in [-0.2, -0.15) is 0 Å². The van der Waals surface area contributed by atoms with Gasteiger partial charge in [0, 0.05) is 11.3 Å². The van der Waals surface area contributed by atoms with Gasteiger partial charge in [-0.05, 0) is 54.7 Å². The normalized spacial score (nSPS) is 12.6. The number of thioether (sulfide) groups is 1. The molecule has 4 rings (SSSR count). The monoisotopic (exact) mass is 408 g/mol. The van der Waals surface area contributed by atoms with Crippen molar-refractivity contribution in [2.24, 2.45) is 0 Å². The number of ether oxygens (including phenoxy) is 1. The first kappa shape index (κ1) is 19.6. The zero-order valence-corrected chi connectivity index (χ0v) is 17.0. The standard InChI is InChI=1S/C23H24N2O3S/c26-22(24-11-12-27-21-10-9-17-7-4-8-19(17)13-21)16-29-15-20-14-28-23(25-20)18-5-2-1-3-6-18/h1-3,5-6,9-10,13-14H,4,7-8,11-12,15-16H2,(H,24,26). The summed E-state index contributed by atoms with van der Waals surface area (Å²) in [7, 11) is 0. The number of nitrogens with one attached hydrogen (secondary N) is 1. The van der Waals surface area contributed by atoms with Gasteiger partial charge >= 0.3 is 0 Å². The Morgan fingerprint density at radius 3 is 2.90 bits per heavy atom. The van der Waals surface area contributed by atoms with Gasteiger partial charge in [-0.15, -0.1) is 11.8 Å². The fourth-order valence-electron chi connectivity index (χ4n) is 3.38. The Morgan fingerprint density at radius 1 is 1.14 bits per heavy atom. The summed E-state index contributed by atoms with van der Waals surface area (Å²) in [5.74, 6) is 2.50. The molecule has 0 spiro atoms. The van der Waals surface area contributed by atoms with Crippen LogP contribution in [0.2, 0.25) is 0 Å². The van der Waals surface area contributed by atoms with Crippen LogP contribution in [-0.2, 0) is 23.4 Å². The Kier molecular flexibility index (Phi) is 6.52. The van der Waals surface area contributed by atoms with E-state index in [2.05, 4.69) is 22.4 Å². The quantitative estimate of drug-likeness (QED) is 0.536. The zero-order valence-electron chi connectivity index (χ0n) is 16.2. The molecule has 5 nitrogen and oxygen atoms in total. The van der Waals surface area contributed by atoms with Gasteiger partial charge < -0.3 is 14.5 Å². The van der Waals surface area contributed by atoms with Crippen molar-refractivity contribution in [3.05, 3.63) is 71.6 Å². The average Bonchev–Trinajstić information content (AvgIpc) is 3.41. The van der Waals surface area contributed by atoms with Crippen LogP contribution >= 0.6 is 11.8 Å². The van der Waals surface area contributed by atoms with Crippen molar-refractivity contribution in [1.29, 1.82) is 0 Å². The molecule has 0 unspecified atom stereocenters. The highest BCUT2D eigenvalue weighted by atomic mass is 32.2. The van der Waals surface area contributed by atoms with E-state index in [4.69, 9.17) is 9.15 Å². The molecule has 0 aliphatic heterocycles. The highest BCUT2D eigenvalue weighted by Crippen LogP contribution is 2.26. The number of oxazole rings is 1. The van der Waals surface area contributed by atoms with Crippen molar-refractivity contribution in [3.8, 4) is 17.2 Å². The number of rotatable bonds is 9. The maximum absolute atomic E-state index is 12.0. The molecule has 0 bridgehead atoms. The Hall–Kier alpha value is -2.73. The minimum Gasteiger partial charge on any atom is -0.492 e. The first-order valence-corrected chi connectivity index (χ1v) is 11.0. The fourth-order valence-corrected chi connectivity index (χ4v) is 4.11. The SMILES string of the molecule is O=C(CSCc1coc(-c2ccccc2)n1)NCCOc1ccc2c(c1)CCC2. The molecule has 29 heavy (non-hydrogen) atoms. The van der Waals surface area contributed by atoms with Gasteiger partial charge in [0.05, 0.1) is 18.0 Å². The first-order valence-electron chi connectivity index (χ1n) is 9.87. The van der Waals surface area contributed by atoms with E-state index in [1.807, 2.05) is 36.4 Å². The molecule has 3 aromatic rings. The molecule has 1 N–H and O–H groups in total. The van der Waals surface area contributed by atoms with Crippen molar-refractivity contribution in [2.75, 3.05) is 18.9 Å². The summed E-state index contributed by atoms with van der Waals surface area (Å²) in [6.45, 7) is 0.970. The van der Waals surface area contributed by atoms with Gasteiger partial charge in [-0.25, -0.2) is 4.98 Å². The molecular weight excluding hydrogens is 384 g/mol. The molecule has 1 amide bonds. The van der Waals surface area contributed by atoms with E-state index in [1.54, 1.807) is 6.26 Å². The van der Waals surface area contributed by atoms with Crippen LogP contribution in [0.5, 0.6) is 5.75 Å². The highest BCUT2D eigenvalue weighted by molar-refractivity contribution is 7.99. The van der Waals surface area contributed by atoms with E-state index in [-0.39, 0.29) is 5.91 Å². The topological polar surface area (TPSA) is 64.4 Å². The number of nitrogens with zero attached hydrogens (tertiary/aromatic N) is 1. The number of aromatic nitrogens is 1. The Bertz CT molecular complexity index is 956. The second-order valence-corrected chi connectivity index (χ2v) is 7.97. The maximum atomic E-state index is 12.0. The van der Waals surface area contributed by atoms with Gasteiger partial charge in [0.15, 0.2) is 0 Å². The summed E-state index contributed by atoms with van der Waals surface area (Å²) in [4.78, 5) is 16.5. The van der Waals surface area contributed by atoms with Crippen LogP contribution in [0.3, 0.4) is 0 Å². The Morgan fingerprint density at radius 2 is 2.00 bits per heavy atom. The smallest absolute Gasteiger partial charge is 0.230 e. The molecule has 1 aromatic heterocycles. The van der Waals surface area contributed by atoms with Crippen molar-refractivity contribution in [1.82, 2.24) is 10.3 Å². The van der Waals surface area contributed by atoms with Gasteiger partial charge in [0.2, 0.25) is 11.8 Å². The summed E-state index contributed by atoms with van der Waals surface area (Å²) in [5, 5.41) is 2.89. The third kappa shape index (κ3) is 5.41. The van der Waals surface area contributed by atoms with Gasteiger partial charge in [0.1, 0.15) is 18.6 Å². The van der Waals surface area contributed by atoms with Crippen LogP contribution in [0, 0.1) is 0 Å². The van der Waals surface area contributed by atoms with Crippen LogP contribution < -0.4 is 10.1 Å². The third-order valence-corrected chi connectivity index (χ3v) is 5.78. The fraction of sp³-hybridized carbons (Fsp3) is 0.304. The van der Waals surface area contributed by atoms with Crippen molar-refractivity contribution >= 4 is 17.7 Å². The zero-order chi connectivity index (χ0) is 19.9. The molecule has 0 saturated heterocycles. The molecule has 1 aliphatic rings. The van der Waals surface area contributed by atoms with E-state index in [0.717, 1.165) is 23.4 Å². The Labute approximate surface area is 174 Å². The largest absolute Gasteiger partial charge is 0.492 e. The predicted octanol–water partition coefficient (Wildman–Crippen LogP) is 4.26. The number of hydrogen-bond acceptors (Lipinski definition) is 5. The lowest BCUT2D eigenvalue weighted by atomic mass is 10.1. The molecule has 0 radical (unpaired) electrons. The highest BCUT2D eigenvalue weighted by Gasteiger charge is 2.11. The lowest BCUT2D eigenvalue weighted by Gasteiger charge is -2.09. The molecule has 0 fully saturated rings. The number of benzene rings is 2. The minimum absolute atomic E-state index is 0.000619. The van der Waals surface area contributed by atoms with E-state index >= 15 is 0 Å². The third-order valence-electron chi connectivity index (χ3n) is 4.82. The summed E-state index contributed by atoms with van der Waals surface area (Å²) >= 11 is 1.52. The van der Waals surface area contributed by atoms with Gasteiger partial charge in [-0.1, -0.05) is 24.3 Å². The molecule has 1 aliphatic carbocycles. The van der Waals surface area contributed by atoms with Crippen LogP contribution in [0.15, 0.2) is 59.2 Å². The molecule has 2 aromatic carbocycles. The predicted molar refractivity (Wildman–Crippen MR) is 115 cm³/mol. The van der Waals surface area contributed by atoms with Crippen LogP contribution in [0.25, 0.3) is 11.5 Å². The molecular formula is C23H24N2O3S. The van der Waals surface area contributed by atoms with E-state index in [0.29, 0.717) is 30.5 Å².